The molecule has 0 spiro atoms. The number of rotatable bonds is 4. The first-order valence-corrected chi connectivity index (χ1v) is 8.12. The maximum Gasteiger partial charge on any atom is 0.264 e. The molecule has 110 valence electrons. The third-order valence-corrected chi connectivity index (χ3v) is 4.58. The summed E-state index contributed by atoms with van der Waals surface area (Å²) in [5.74, 6) is 0. The van der Waals surface area contributed by atoms with Crippen LogP contribution in [0.4, 0.5) is 5.69 Å². The summed E-state index contributed by atoms with van der Waals surface area (Å²) in [6.45, 7) is 1.83. The van der Waals surface area contributed by atoms with Gasteiger partial charge in [-0.2, -0.15) is 0 Å². The number of benzene rings is 1. The molecule has 0 bridgehead atoms. The second kappa shape index (κ2) is 5.97. The maximum absolute atomic E-state index is 12.5. The molecule has 1 aromatic heterocycles. The molecule has 0 saturated carbocycles. The van der Waals surface area contributed by atoms with Crippen LogP contribution in [0.5, 0.6) is 0 Å². The summed E-state index contributed by atoms with van der Waals surface area (Å²) in [7, 11) is -3.89. The van der Waals surface area contributed by atoms with E-state index in [1.807, 2.05) is 6.92 Å². The van der Waals surface area contributed by atoms with Gasteiger partial charge in [0, 0.05) is 6.20 Å². The summed E-state index contributed by atoms with van der Waals surface area (Å²) < 4.78 is 27.4. The molecule has 2 aromatic rings. The van der Waals surface area contributed by atoms with Crippen molar-refractivity contribution >= 4 is 44.5 Å². The molecule has 1 aromatic carbocycles. The Morgan fingerprint density at radius 1 is 1.38 bits per heavy atom. The summed E-state index contributed by atoms with van der Waals surface area (Å²) in [6.07, 6.45) is 1.42. The molecule has 0 aliphatic carbocycles. The van der Waals surface area contributed by atoms with Crippen molar-refractivity contribution in [3.05, 3.63) is 52.8 Å². The number of hydrogen-bond donors (Lipinski definition) is 2. The molecule has 0 aliphatic rings. The molecule has 0 saturated heterocycles. The van der Waals surface area contributed by atoms with Gasteiger partial charge in [0.15, 0.2) is 0 Å². The van der Waals surface area contributed by atoms with E-state index in [1.165, 1.54) is 18.3 Å². The molecule has 3 N–H and O–H groups in total. The van der Waals surface area contributed by atoms with Gasteiger partial charge in [0.2, 0.25) is 0 Å². The molecule has 1 heterocycles. The van der Waals surface area contributed by atoms with Gasteiger partial charge in [0.05, 0.1) is 10.7 Å². The van der Waals surface area contributed by atoms with Crippen LogP contribution < -0.4 is 10.5 Å². The number of aryl methyl sites for hydroxylation is 1. The van der Waals surface area contributed by atoms with E-state index in [1.54, 1.807) is 18.2 Å². The highest BCUT2D eigenvalue weighted by molar-refractivity contribution is 7.93. The highest BCUT2D eigenvalue weighted by Gasteiger charge is 2.21. The number of nitrogens with two attached hydrogens (primary N) is 1. The van der Waals surface area contributed by atoms with E-state index in [2.05, 4.69) is 9.71 Å². The van der Waals surface area contributed by atoms with Crippen LogP contribution in [0.1, 0.15) is 11.3 Å². The first-order chi connectivity index (χ1) is 9.81. The Kier molecular flexibility index (Phi) is 4.46. The van der Waals surface area contributed by atoms with E-state index < -0.39 is 10.0 Å². The minimum absolute atomic E-state index is 0.0452. The molecule has 0 radical (unpaired) electrons. The highest BCUT2D eigenvalue weighted by Crippen LogP contribution is 2.26. The quantitative estimate of drug-likeness (QED) is 0.834. The van der Waals surface area contributed by atoms with Crippen molar-refractivity contribution < 1.29 is 8.42 Å². The third-order valence-electron chi connectivity index (χ3n) is 2.66. The molecule has 0 unspecified atom stereocenters. The smallest absolute Gasteiger partial charge is 0.264 e. The average Bonchev–Trinajstić information content (AvgIpc) is 2.42. The normalized spacial score (nSPS) is 11.1. The Bertz CT molecular complexity index is 807. The Hall–Kier alpha value is -1.70. The number of aromatic nitrogens is 1. The van der Waals surface area contributed by atoms with Crippen LogP contribution >= 0.6 is 23.8 Å². The standard InChI is InChI=1S/C13H12ClN3O2S2/c1-8-4-5-9(14)10(7-8)17-21(18,19)11-3-2-6-16-12(11)13(15)20/h2-7,17H,1H3,(H2,15,20). The number of nitrogens with zero attached hydrogens (tertiary/aromatic N) is 1. The Labute approximate surface area is 133 Å². The number of thiocarbonyl (C=S) groups is 1. The molecule has 5 nitrogen and oxygen atoms in total. The molecule has 0 atom stereocenters. The fourth-order valence-corrected chi connectivity index (χ4v) is 3.40. The Morgan fingerprint density at radius 3 is 2.76 bits per heavy atom. The van der Waals surface area contributed by atoms with Crippen molar-refractivity contribution in [3.8, 4) is 0 Å². The third kappa shape index (κ3) is 3.49. The Morgan fingerprint density at radius 2 is 2.10 bits per heavy atom. The lowest BCUT2D eigenvalue weighted by molar-refractivity contribution is 0.600. The number of nitrogens with one attached hydrogen (secondary N) is 1. The van der Waals surface area contributed by atoms with Crippen LogP contribution in [0.15, 0.2) is 41.4 Å². The fourth-order valence-electron chi connectivity index (χ4n) is 1.71. The van der Waals surface area contributed by atoms with Crippen molar-refractivity contribution in [1.82, 2.24) is 4.98 Å². The molecule has 21 heavy (non-hydrogen) atoms. The second-order valence-electron chi connectivity index (χ2n) is 4.30. The molecule has 0 aliphatic heterocycles. The lowest BCUT2D eigenvalue weighted by atomic mass is 10.2. The fraction of sp³-hybridized carbons (Fsp3) is 0.0769. The summed E-state index contributed by atoms with van der Waals surface area (Å²) in [5, 5.41) is 0.296. The topological polar surface area (TPSA) is 85.1 Å². The molecular weight excluding hydrogens is 330 g/mol. The van der Waals surface area contributed by atoms with Crippen LogP contribution in [0.2, 0.25) is 5.02 Å². The number of halogens is 1. The van der Waals surface area contributed by atoms with E-state index in [0.717, 1.165) is 5.56 Å². The van der Waals surface area contributed by atoms with Crippen LogP contribution in [0.3, 0.4) is 0 Å². The van der Waals surface area contributed by atoms with Crippen molar-refractivity contribution in [2.45, 2.75) is 11.8 Å². The van der Waals surface area contributed by atoms with Gasteiger partial charge in [-0.05, 0) is 36.8 Å². The number of pyridine rings is 1. The molecular formula is C13H12ClN3O2S2. The van der Waals surface area contributed by atoms with Gasteiger partial charge >= 0.3 is 0 Å². The van der Waals surface area contributed by atoms with Crippen LogP contribution in [0.25, 0.3) is 0 Å². The summed E-state index contributed by atoms with van der Waals surface area (Å²) in [4.78, 5) is 3.73. The molecule has 2 rings (SSSR count). The molecule has 0 fully saturated rings. The van der Waals surface area contributed by atoms with Crippen LogP contribution in [-0.2, 0) is 10.0 Å². The van der Waals surface area contributed by atoms with E-state index in [-0.39, 0.29) is 21.3 Å². The predicted octanol–water partition coefficient (Wildman–Crippen LogP) is 2.48. The van der Waals surface area contributed by atoms with Crippen LogP contribution in [0, 0.1) is 6.92 Å². The zero-order chi connectivity index (χ0) is 15.6. The number of sulfonamides is 1. The van der Waals surface area contributed by atoms with E-state index in [0.29, 0.717) is 5.02 Å². The predicted molar refractivity (Wildman–Crippen MR) is 87.1 cm³/mol. The first-order valence-electron chi connectivity index (χ1n) is 5.85. The lowest BCUT2D eigenvalue weighted by Gasteiger charge is -2.12. The molecule has 0 amide bonds. The van der Waals surface area contributed by atoms with Gasteiger partial charge in [0.25, 0.3) is 10.0 Å². The van der Waals surface area contributed by atoms with Crippen molar-refractivity contribution in [2.75, 3.05) is 4.72 Å². The zero-order valence-corrected chi connectivity index (χ0v) is 13.4. The van der Waals surface area contributed by atoms with Gasteiger partial charge in [-0.25, -0.2) is 8.42 Å². The highest BCUT2D eigenvalue weighted by atomic mass is 35.5. The van der Waals surface area contributed by atoms with Crippen LogP contribution in [-0.4, -0.2) is 18.4 Å². The van der Waals surface area contributed by atoms with Crippen molar-refractivity contribution in [1.29, 1.82) is 0 Å². The minimum atomic E-state index is -3.89. The van der Waals surface area contributed by atoms with Gasteiger partial charge in [-0.3, -0.25) is 9.71 Å². The lowest BCUT2D eigenvalue weighted by Crippen LogP contribution is -2.21. The number of anilines is 1. The van der Waals surface area contributed by atoms with Gasteiger partial charge in [-0.15, -0.1) is 0 Å². The Balaban J connectivity index is 2.49. The monoisotopic (exact) mass is 341 g/mol. The number of hydrogen-bond acceptors (Lipinski definition) is 4. The van der Waals surface area contributed by atoms with Gasteiger partial charge < -0.3 is 5.73 Å². The molecule has 8 heteroatoms. The summed E-state index contributed by atoms with van der Waals surface area (Å²) in [6, 6.07) is 7.91. The largest absolute Gasteiger partial charge is 0.388 e. The first kappa shape index (κ1) is 15.7. The zero-order valence-electron chi connectivity index (χ0n) is 11.0. The minimum Gasteiger partial charge on any atom is -0.388 e. The second-order valence-corrected chi connectivity index (χ2v) is 6.80. The van der Waals surface area contributed by atoms with E-state index in [4.69, 9.17) is 29.6 Å². The van der Waals surface area contributed by atoms with Crippen molar-refractivity contribution in [2.24, 2.45) is 5.73 Å². The maximum atomic E-state index is 12.5. The van der Waals surface area contributed by atoms with Crippen molar-refractivity contribution in [3.63, 3.8) is 0 Å². The van der Waals surface area contributed by atoms with Gasteiger partial charge in [-0.1, -0.05) is 29.9 Å². The summed E-state index contributed by atoms with van der Waals surface area (Å²) in [5.41, 5.74) is 6.71. The van der Waals surface area contributed by atoms with Gasteiger partial charge in [0.1, 0.15) is 15.6 Å². The average molecular weight is 342 g/mol. The SMILES string of the molecule is Cc1ccc(Cl)c(NS(=O)(=O)c2cccnc2C(N)=S)c1. The van der Waals surface area contributed by atoms with E-state index >= 15 is 0 Å². The van der Waals surface area contributed by atoms with E-state index in [9.17, 15) is 8.42 Å². The summed E-state index contributed by atoms with van der Waals surface area (Å²) >= 11 is 10.8.